The molecule has 1 rings (SSSR count). The lowest BCUT2D eigenvalue weighted by Crippen LogP contribution is -2.56. The van der Waals surface area contributed by atoms with Gasteiger partial charge in [0.2, 0.25) is 0 Å². The second-order valence-electron chi connectivity index (χ2n) is 6.15. The van der Waals surface area contributed by atoms with Crippen molar-refractivity contribution in [1.82, 2.24) is 0 Å². The lowest BCUT2D eigenvalue weighted by molar-refractivity contribution is -0.171. The van der Waals surface area contributed by atoms with Gasteiger partial charge in [-0.15, -0.1) is 0 Å². The van der Waals surface area contributed by atoms with Crippen LogP contribution in [-0.4, -0.2) is 36.0 Å². The fraction of sp³-hybridized carbons (Fsp3) is 0.667. The summed E-state index contributed by atoms with van der Waals surface area (Å²) < 4.78 is 10.2. The van der Waals surface area contributed by atoms with E-state index in [1.165, 1.54) is 6.08 Å². The molecule has 1 aliphatic rings. The Balaban J connectivity index is 3.02. The Morgan fingerprint density at radius 2 is 2.10 bits per heavy atom. The van der Waals surface area contributed by atoms with Crippen LogP contribution in [0.1, 0.15) is 40.0 Å². The smallest absolute Gasteiger partial charge is 0.325 e. The molecule has 2 N–H and O–H groups in total. The molecule has 0 bridgehead atoms. The van der Waals surface area contributed by atoms with E-state index < -0.39 is 29.0 Å². The Labute approximate surface area is 124 Å². The molecule has 118 valence electrons. The first-order valence-electron chi connectivity index (χ1n) is 6.95. The minimum atomic E-state index is -1.63. The molecule has 1 saturated carbocycles. The quantitative estimate of drug-likeness (QED) is 0.464. The first-order chi connectivity index (χ1) is 9.65. The van der Waals surface area contributed by atoms with Crippen LogP contribution in [0.25, 0.3) is 0 Å². The molecule has 0 heterocycles. The monoisotopic (exact) mass is 297 g/mol. The molecule has 6 heteroatoms. The van der Waals surface area contributed by atoms with E-state index in [9.17, 15) is 14.4 Å². The van der Waals surface area contributed by atoms with E-state index >= 15 is 0 Å². The average molecular weight is 297 g/mol. The summed E-state index contributed by atoms with van der Waals surface area (Å²) in [4.78, 5) is 36.6. The lowest BCUT2D eigenvalue weighted by Gasteiger charge is -2.31. The largest absolute Gasteiger partial charge is 0.461 e. The molecule has 2 unspecified atom stereocenters. The molecule has 21 heavy (non-hydrogen) atoms. The molecule has 0 aromatic carbocycles. The van der Waals surface area contributed by atoms with Gasteiger partial charge >= 0.3 is 11.9 Å². The number of Topliss-reactive ketones (excluding diaryl/α,β-unsaturated/α-hetero) is 1. The van der Waals surface area contributed by atoms with Crippen molar-refractivity contribution in [3.63, 3.8) is 0 Å². The summed E-state index contributed by atoms with van der Waals surface area (Å²) in [6.07, 6.45) is 2.30. The Hall–Kier alpha value is -1.69. The minimum Gasteiger partial charge on any atom is -0.461 e. The van der Waals surface area contributed by atoms with Crippen molar-refractivity contribution in [2.24, 2.45) is 11.1 Å². The molecule has 6 nitrogen and oxygen atoms in total. The zero-order chi connectivity index (χ0) is 16.3. The zero-order valence-corrected chi connectivity index (χ0v) is 12.8. The second kappa shape index (κ2) is 6.39. The van der Waals surface area contributed by atoms with Crippen molar-refractivity contribution in [2.75, 3.05) is 6.61 Å². The van der Waals surface area contributed by atoms with Crippen molar-refractivity contribution in [2.45, 2.75) is 51.7 Å². The highest BCUT2D eigenvalue weighted by atomic mass is 16.6. The van der Waals surface area contributed by atoms with Crippen LogP contribution in [0, 0.1) is 5.41 Å². The summed E-state index contributed by atoms with van der Waals surface area (Å²) in [7, 11) is 0. The van der Waals surface area contributed by atoms with Crippen molar-refractivity contribution in [3.05, 3.63) is 12.7 Å². The summed E-state index contributed by atoms with van der Waals surface area (Å²) >= 11 is 0. The molecule has 1 aliphatic carbocycles. The Bertz CT molecular complexity index is 451. The van der Waals surface area contributed by atoms with Crippen LogP contribution in [0.2, 0.25) is 0 Å². The third-order valence-electron chi connectivity index (χ3n) is 3.36. The summed E-state index contributed by atoms with van der Waals surface area (Å²) in [5, 5.41) is 0. The molecular formula is C15H23NO5. The summed E-state index contributed by atoms with van der Waals surface area (Å²) in [5.41, 5.74) is 3.52. The first kappa shape index (κ1) is 17.4. The number of carbonyl (C=O) groups is 3. The van der Waals surface area contributed by atoms with E-state index in [-0.39, 0.29) is 25.2 Å². The molecule has 0 spiro atoms. The van der Waals surface area contributed by atoms with Crippen LogP contribution < -0.4 is 5.73 Å². The standard InChI is InChI=1S/C15H23NO5/c1-5-9-20-13(19)15(8-6-7-10(15)17)11(16)12(18)21-14(2,3)4/h5,11H,1,6-9,16H2,2-4H3. The molecule has 0 aromatic heterocycles. The number of carbonyl (C=O) groups excluding carboxylic acids is 3. The van der Waals surface area contributed by atoms with Crippen molar-refractivity contribution >= 4 is 17.7 Å². The highest BCUT2D eigenvalue weighted by Gasteiger charge is 2.57. The summed E-state index contributed by atoms with van der Waals surface area (Å²) in [6.45, 7) is 8.49. The first-order valence-corrected chi connectivity index (χ1v) is 6.95. The maximum atomic E-state index is 12.3. The fourth-order valence-electron chi connectivity index (χ4n) is 2.39. The van der Waals surface area contributed by atoms with Crippen LogP contribution in [0.15, 0.2) is 12.7 Å². The Morgan fingerprint density at radius 1 is 1.48 bits per heavy atom. The highest BCUT2D eigenvalue weighted by Crippen LogP contribution is 2.39. The molecule has 2 atom stereocenters. The van der Waals surface area contributed by atoms with Crippen LogP contribution in [0.4, 0.5) is 0 Å². The van der Waals surface area contributed by atoms with Gasteiger partial charge in [0.15, 0.2) is 11.2 Å². The number of rotatable bonds is 5. The van der Waals surface area contributed by atoms with Crippen LogP contribution >= 0.6 is 0 Å². The van der Waals surface area contributed by atoms with Gasteiger partial charge in [0.05, 0.1) is 0 Å². The van der Waals surface area contributed by atoms with E-state index in [0.717, 1.165) is 0 Å². The molecule has 0 radical (unpaired) electrons. The normalized spacial score (nSPS) is 23.5. The summed E-state index contributed by atoms with van der Waals surface area (Å²) in [6, 6.07) is -1.36. The average Bonchev–Trinajstić information content (AvgIpc) is 2.75. The van der Waals surface area contributed by atoms with E-state index in [1.54, 1.807) is 20.8 Å². The predicted molar refractivity (Wildman–Crippen MR) is 76.3 cm³/mol. The number of hydrogen-bond donors (Lipinski definition) is 1. The molecule has 0 amide bonds. The SMILES string of the molecule is C=CCOC(=O)C1(C(N)C(=O)OC(C)(C)C)CCCC1=O. The van der Waals surface area contributed by atoms with Crippen molar-refractivity contribution in [3.8, 4) is 0 Å². The van der Waals surface area contributed by atoms with Gasteiger partial charge in [-0.25, -0.2) is 0 Å². The van der Waals surface area contributed by atoms with Gasteiger partial charge in [-0.1, -0.05) is 12.7 Å². The number of nitrogens with two attached hydrogens (primary N) is 1. The van der Waals surface area contributed by atoms with Crippen molar-refractivity contribution in [1.29, 1.82) is 0 Å². The molecule has 1 fully saturated rings. The third-order valence-corrected chi connectivity index (χ3v) is 3.36. The minimum absolute atomic E-state index is 0.0328. The molecule has 0 aromatic rings. The van der Waals surface area contributed by atoms with Gasteiger partial charge in [-0.05, 0) is 33.6 Å². The Morgan fingerprint density at radius 3 is 2.52 bits per heavy atom. The predicted octanol–water partition coefficient (Wildman–Crippen LogP) is 1.12. The fourth-order valence-corrected chi connectivity index (χ4v) is 2.39. The van der Waals surface area contributed by atoms with Crippen LogP contribution in [-0.2, 0) is 23.9 Å². The second-order valence-corrected chi connectivity index (χ2v) is 6.15. The number of ether oxygens (including phenoxy) is 2. The summed E-state index contributed by atoms with van der Waals surface area (Å²) in [5.74, 6) is -1.91. The molecular weight excluding hydrogens is 274 g/mol. The maximum absolute atomic E-state index is 12.3. The lowest BCUT2D eigenvalue weighted by atomic mass is 9.78. The van der Waals surface area contributed by atoms with Crippen LogP contribution in [0.5, 0.6) is 0 Å². The molecule has 0 aliphatic heterocycles. The van der Waals surface area contributed by atoms with Gasteiger partial charge in [0, 0.05) is 6.42 Å². The van der Waals surface area contributed by atoms with Gasteiger partial charge < -0.3 is 15.2 Å². The zero-order valence-electron chi connectivity index (χ0n) is 12.8. The number of ketones is 1. The number of esters is 2. The van der Waals surface area contributed by atoms with E-state index in [4.69, 9.17) is 15.2 Å². The van der Waals surface area contributed by atoms with Gasteiger partial charge in [-0.3, -0.25) is 14.4 Å². The van der Waals surface area contributed by atoms with Gasteiger partial charge in [0.1, 0.15) is 18.2 Å². The van der Waals surface area contributed by atoms with E-state index in [0.29, 0.717) is 6.42 Å². The van der Waals surface area contributed by atoms with Crippen LogP contribution in [0.3, 0.4) is 0 Å². The highest BCUT2D eigenvalue weighted by molar-refractivity contribution is 6.09. The number of hydrogen-bond acceptors (Lipinski definition) is 6. The van der Waals surface area contributed by atoms with Crippen molar-refractivity contribution < 1.29 is 23.9 Å². The van der Waals surface area contributed by atoms with E-state index in [1.807, 2.05) is 0 Å². The van der Waals surface area contributed by atoms with Gasteiger partial charge in [-0.2, -0.15) is 0 Å². The Kier molecular flexibility index (Phi) is 5.28. The molecule has 0 saturated heterocycles. The topological polar surface area (TPSA) is 95.7 Å². The third kappa shape index (κ3) is 3.69. The van der Waals surface area contributed by atoms with E-state index in [2.05, 4.69) is 6.58 Å². The van der Waals surface area contributed by atoms with Gasteiger partial charge in [0.25, 0.3) is 0 Å². The maximum Gasteiger partial charge on any atom is 0.325 e.